The van der Waals surface area contributed by atoms with Gasteiger partial charge in [0.25, 0.3) is 0 Å². The number of carbonyl (C=O) groups is 2. The molecule has 1 aliphatic heterocycles. The molecule has 1 fully saturated rings. The van der Waals surface area contributed by atoms with E-state index >= 15 is 0 Å². The fourth-order valence-corrected chi connectivity index (χ4v) is 3.99. The van der Waals surface area contributed by atoms with Gasteiger partial charge in [0.2, 0.25) is 11.8 Å². The summed E-state index contributed by atoms with van der Waals surface area (Å²) in [6.07, 6.45) is 0. The number of rotatable bonds is 6. The quantitative estimate of drug-likeness (QED) is 0.731. The molecule has 3 rings (SSSR count). The van der Waals surface area contributed by atoms with Crippen LogP contribution in [-0.4, -0.2) is 49.4 Å². The smallest absolute Gasteiger partial charge is 0.248 e. The molecule has 1 saturated heterocycles. The van der Waals surface area contributed by atoms with E-state index in [1.165, 1.54) is 0 Å². The molecule has 6 nitrogen and oxygen atoms in total. The average Bonchev–Trinajstić information content (AvgIpc) is 2.68. The van der Waals surface area contributed by atoms with E-state index in [0.29, 0.717) is 22.2 Å². The lowest BCUT2D eigenvalue weighted by atomic mass is 10.1. The number of amides is 2. The molecule has 1 heterocycles. The summed E-state index contributed by atoms with van der Waals surface area (Å²) in [5.74, 6) is -0.468. The van der Waals surface area contributed by atoms with Gasteiger partial charge in [-0.2, -0.15) is 0 Å². The maximum Gasteiger partial charge on any atom is 0.248 e. The molecule has 154 valence electrons. The van der Waals surface area contributed by atoms with Gasteiger partial charge in [0.1, 0.15) is 0 Å². The number of nitrogens with one attached hydrogen (secondary N) is 1. The number of carbonyl (C=O) groups excluding carboxylic acids is 2. The maximum atomic E-state index is 12.4. The molecule has 0 spiro atoms. The van der Waals surface area contributed by atoms with Crippen molar-refractivity contribution in [3.8, 4) is 0 Å². The number of nitrogens with two attached hydrogens (primary N) is 1. The van der Waals surface area contributed by atoms with E-state index in [1.54, 1.807) is 24.3 Å². The molecule has 0 saturated carbocycles. The topological polar surface area (TPSA) is 78.7 Å². The van der Waals surface area contributed by atoms with Crippen LogP contribution >= 0.6 is 23.2 Å². The van der Waals surface area contributed by atoms with Crippen molar-refractivity contribution in [2.75, 3.05) is 37.6 Å². The van der Waals surface area contributed by atoms with Crippen molar-refractivity contribution < 1.29 is 9.59 Å². The van der Waals surface area contributed by atoms with E-state index in [0.717, 1.165) is 37.4 Å². The van der Waals surface area contributed by atoms with Gasteiger partial charge in [-0.05, 0) is 48.9 Å². The molecule has 0 aromatic heterocycles. The minimum absolute atomic E-state index is 0.0391. The maximum absolute atomic E-state index is 12.4. The Balaban J connectivity index is 1.48. The van der Waals surface area contributed by atoms with Gasteiger partial charge in [0.05, 0.1) is 12.6 Å². The highest BCUT2D eigenvalue weighted by atomic mass is 35.5. The third kappa shape index (κ3) is 5.63. The monoisotopic (exact) mass is 434 g/mol. The van der Waals surface area contributed by atoms with E-state index in [9.17, 15) is 9.59 Å². The largest absolute Gasteiger partial charge is 0.369 e. The van der Waals surface area contributed by atoms with Gasteiger partial charge in [0.15, 0.2) is 0 Å². The minimum atomic E-state index is -0.429. The molecule has 3 N–H and O–H groups in total. The normalized spacial score (nSPS) is 15.8. The fourth-order valence-electron chi connectivity index (χ4n) is 3.42. The minimum Gasteiger partial charge on any atom is -0.369 e. The average molecular weight is 435 g/mol. The lowest BCUT2D eigenvalue weighted by Gasteiger charge is -2.36. The Labute approximate surface area is 180 Å². The lowest BCUT2D eigenvalue weighted by Crippen LogP contribution is -2.49. The standard InChI is InChI=1S/C21H24Cl2N4O2/c1-14(18-7-4-16(22)12-19(18)23)25-20(28)13-26-8-10-27(11-9-26)17-5-2-15(3-6-17)21(24)29/h2-7,12,14H,8-11,13H2,1H3,(H2,24,29)(H,25,28). The van der Waals surface area contributed by atoms with Crippen LogP contribution < -0.4 is 16.0 Å². The Bertz CT molecular complexity index is 881. The second kappa shape index (κ2) is 9.48. The number of anilines is 1. The van der Waals surface area contributed by atoms with Crippen molar-refractivity contribution in [2.45, 2.75) is 13.0 Å². The summed E-state index contributed by atoms with van der Waals surface area (Å²) in [4.78, 5) is 28.0. The molecule has 2 aromatic carbocycles. The number of hydrogen-bond acceptors (Lipinski definition) is 4. The Morgan fingerprint density at radius 1 is 1.07 bits per heavy atom. The van der Waals surface area contributed by atoms with Crippen molar-refractivity contribution in [3.63, 3.8) is 0 Å². The molecular formula is C21H24Cl2N4O2. The number of piperazine rings is 1. The Morgan fingerprint density at radius 3 is 2.31 bits per heavy atom. The zero-order valence-corrected chi connectivity index (χ0v) is 17.7. The molecule has 8 heteroatoms. The van der Waals surface area contributed by atoms with Crippen LogP contribution in [0.4, 0.5) is 5.69 Å². The Kier molecular flexibility index (Phi) is 7.00. The van der Waals surface area contributed by atoms with E-state index in [2.05, 4.69) is 15.1 Å². The highest BCUT2D eigenvalue weighted by Gasteiger charge is 2.21. The highest BCUT2D eigenvalue weighted by Crippen LogP contribution is 2.26. The van der Waals surface area contributed by atoms with Gasteiger partial charge < -0.3 is 16.0 Å². The van der Waals surface area contributed by atoms with Crippen LogP contribution in [0.15, 0.2) is 42.5 Å². The number of nitrogens with zero attached hydrogens (tertiary/aromatic N) is 2. The predicted molar refractivity (Wildman–Crippen MR) is 117 cm³/mol. The van der Waals surface area contributed by atoms with Gasteiger partial charge in [0, 0.05) is 47.5 Å². The third-order valence-corrected chi connectivity index (χ3v) is 5.63. The third-order valence-electron chi connectivity index (χ3n) is 5.06. The van der Waals surface area contributed by atoms with E-state index in [-0.39, 0.29) is 11.9 Å². The number of halogens is 2. The van der Waals surface area contributed by atoms with E-state index in [1.807, 2.05) is 25.1 Å². The van der Waals surface area contributed by atoms with Gasteiger partial charge in [-0.15, -0.1) is 0 Å². The molecule has 1 aliphatic rings. The Hall–Kier alpha value is -2.28. The van der Waals surface area contributed by atoms with Gasteiger partial charge in [-0.1, -0.05) is 29.3 Å². The summed E-state index contributed by atoms with van der Waals surface area (Å²) in [7, 11) is 0. The molecule has 29 heavy (non-hydrogen) atoms. The molecule has 0 bridgehead atoms. The summed E-state index contributed by atoms with van der Waals surface area (Å²) in [6.45, 7) is 5.41. The SMILES string of the molecule is CC(NC(=O)CN1CCN(c2ccc(C(N)=O)cc2)CC1)c1ccc(Cl)cc1Cl. The lowest BCUT2D eigenvalue weighted by molar-refractivity contribution is -0.123. The zero-order chi connectivity index (χ0) is 21.0. The number of primary amides is 1. The summed E-state index contributed by atoms with van der Waals surface area (Å²) < 4.78 is 0. The first-order valence-corrected chi connectivity index (χ1v) is 10.2. The first kappa shape index (κ1) is 21.4. The Morgan fingerprint density at radius 2 is 1.72 bits per heavy atom. The second-order valence-corrected chi connectivity index (χ2v) is 7.97. The van der Waals surface area contributed by atoms with Crippen molar-refractivity contribution in [3.05, 3.63) is 63.6 Å². The summed E-state index contributed by atoms with van der Waals surface area (Å²) in [5, 5.41) is 4.11. The van der Waals surface area contributed by atoms with Crippen LogP contribution in [0.1, 0.15) is 28.9 Å². The van der Waals surface area contributed by atoms with Crippen LogP contribution in [0.2, 0.25) is 10.0 Å². The molecule has 0 aliphatic carbocycles. The molecular weight excluding hydrogens is 411 g/mol. The molecule has 2 aromatic rings. The number of benzene rings is 2. The van der Waals surface area contributed by atoms with E-state index < -0.39 is 5.91 Å². The molecule has 0 radical (unpaired) electrons. The van der Waals surface area contributed by atoms with E-state index in [4.69, 9.17) is 28.9 Å². The fraction of sp³-hybridized carbons (Fsp3) is 0.333. The second-order valence-electron chi connectivity index (χ2n) is 7.13. The zero-order valence-electron chi connectivity index (χ0n) is 16.2. The van der Waals surface area contributed by atoms with Crippen LogP contribution in [0, 0.1) is 0 Å². The first-order valence-electron chi connectivity index (χ1n) is 9.45. The van der Waals surface area contributed by atoms with Gasteiger partial charge in [-0.25, -0.2) is 0 Å². The summed E-state index contributed by atoms with van der Waals surface area (Å²) >= 11 is 12.2. The molecule has 1 atom stereocenters. The van der Waals surface area contributed by atoms with Crippen LogP contribution in [0.25, 0.3) is 0 Å². The van der Waals surface area contributed by atoms with Gasteiger partial charge >= 0.3 is 0 Å². The highest BCUT2D eigenvalue weighted by molar-refractivity contribution is 6.35. The summed E-state index contributed by atoms with van der Waals surface area (Å²) in [6, 6.07) is 12.4. The molecule has 1 unspecified atom stereocenters. The van der Waals surface area contributed by atoms with Crippen molar-refractivity contribution in [1.82, 2.24) is 10.2 Å². The summed E-state index contributed by atoms with van der Waals surface area (Å²) in [5.41, 5.74) is 7.67. The van der Waals surface area contributed by atoms with Gasteiger partial charge in [-0.3, -0.25) is 14.5 Å². The van der Waals surface area contributed by atoms with Crippen molar-refractivity contribution >= 4 is 40.7 Å². The van der Waals surface area contributed by atoms with Crippen LogP contribution in [0.5, 0.6) is 0 Å². The molecule has 2 amide bonds. The van der Waals surface area contributed by atoms with Crippen LogP contribution in [-0.2, 0) is 4.79 Å². The number of hydrogen-bond donors (Lipinski definition) is 2. The first-order chi connectivity index (χ1) is 13.8. The predicted octanol–water partition coefficient (Wildman–Crippen LogP) is 3.09. The van der Waals surface area contributed by atoms with Crippen molar-refractivity contribution in [2.24, 2.45) is 5.73 Å². The van der Waals surface area contributed by atoms with Crippen LogP contribution in [0.3, 0.4) is 0 Å². The van der Waals surface area contributed by atoms with Crippen molar-refractivity contribution in [1.29, 1.82) is 0 Å².